The summed E-state index contributed by atoms with van der Waals surface area (Å²) in [5, 5.41) is 6.23. The van der Waals surface area contributed by atoms with Crippen molar-refractivity contribution in [3.05, 3.63) is 83.9 Å². The van der Waals surface area contributed by atoms with Crippen LogP contribution in [-0.2, 0) is 16.2 Å². The van der Waals surface area contributed by atoms with Gasteiger partial charge in [0.15, 0.2) is 22.9 Å². The highest BCUT2D eigenvalue weighted by Gasteiger charge is 2.35. The minimum atomic E-state index is -4.85. The van der Waals surface area contributed by atoms with Crippen LogP contribution >= 0.6 is 0 Å². The van der Waals surface area contributed by atoms with E-state index < -0.39 is 33.6 Å². The van der Waals surface area contributed by atoms with Gasteiger partial charge in [-0.05, 0) is 54.6 Å². The molecule has 0 aliphatic rings. The molecule has 0 unspecified atom stereocenters. The lowest BCUT2D eigenvalue weighted by molar-refractivity contribution is -0.142. The van der Waals surface area contributed by atoms with Gasteiger partial charge >= 0.3 is 12.2 Å². The van der Waals surface area contributed by atoms with Gasteiger partial charge in [-0.2, -0.15) is 28.2 Å². The van der Waals surface area contributed by atoms with Gasteiger partial charge in [0.2, 0.25) is 5.88 Å². The Bertz CT molecular complexity index is 1910. The second-order valence-electron chi connectivity index (χ2n) is 8.70. The fourth-order valence-corrected chi connectivity index (χ4v) is 4.81. The number of sulfonamides is 1. The summed E-state index contributed by atoms with van der Waals surface area (Å²) in [4.78, 5) is 24.6. The molecule has 0 aliphatic carbocycles. The standard InChI is InChI=1S/C26H19F4N7O5S/c1-41-23-13-21(33-25(34-23)42-2)36-43(39,40)17-9-7-16(8-10-17)31-24(38)19-12-22-32-18(14-3-5-15(27)6-4-14)11-20(26(28,29)30)37(22)35-19/h3-13H,1-2H3,(H,31,38)(H,33,34,36). The lowest BCUT2D eigenvalue weighted by atomic mass is 10.1. The smallest absolute Gasteiger partial charge is 0.433 e. The molecule has 2 aromatic carbocycles. The highest BCUT2D eigenvalue weighted by Crippen LogP contribution is 2.32. The summed E-state index contributed by atoms with van der Waals surface area (Å²) in [6.45, 7) is 0. The summed E-state index contributed by atoms with van der Waals surface area (Å²) in [5.74, 6) is -1.52. The van der Waals surface area contributed by atoms with Gasteiger partial charge in [-0.15, -0.1) is 0 Å². The number of amides is 1. The number of benzene rings is 2. The van der Waals surface area contributed by atoms with Gasteiger partial charge < -0.3 is 14.8 Å². The van der Waals surface area contributed by atoms with Crippen molar-refractivity contribution >= 4 is 33.1 Å². The number of rotatable bonds is 8. The zero-order chi connectivity index (χ0) is 30.9. The van der Waals surface area contributed by atoms with Gasteiger partial charge in [0, 0.05) is 23.4 Å². The first kappa shape index (κ1) is 29.2. The summed E-state index contributed by atoms with van der Waals surface area (Å²) < 4.78 is 93.2. The predicted molar refractivity (Wildman–Crippen MR) is 144 cm³/mol. The van der Waals surface area contributed by atoms with Crippen molar-refractivity contribution in [2.24, 2.45) is 0 Å². The summed E-state index contributed by atoms with van der Waals surface area (Å²) >= 11 is 0. The molecule has 0 atom stereocenters. The molecule has 43 heavy (non-hydrogen) atoms. The molecule has 0 spiro atoms. The number of methoxy groups -OCH3 is 2. The third-order valence-electron chi connectivity index (χ3n) is 5.83. The second kappa shape index (κ2) is 11.2. The first-order valence-corrected chi connectivity index (χ1v) is 13.5. The monoisotopic (exact) mass is 617 g/mol. The predicted octanol–water partition coefficient (Wildman–Crippen LogP) is 4.41. The van der Waals surface area contributed by atoms with Gasteiger partial charge in [-0.1, -0.05) is 0 Å². The number of carbonyl (C=O) groups is 1. The van der Waals surface area contributed by atoms with Crippen molar-refractivity contribution in [3.8, 4) is 23.1 Å². The molecule has 222 valence electrons. The molecular formula is C26H19F4N7O5S. The number of alkyl halides is 3. The van der Waals surface area contributed by atoms with Gasteiger partial charge in [0.25, 0.3) is 15.9 Å². The van der Waals surface area contributed by atoms with E-state index in [1.165, 1.54) is 56.7 Å². The Morgan fingerprint density at radius 3 is 2.23 bits per heavy atom. The number of anilines is 2. The zero-order valence-corrected chi connectivity index (χ0v) is 22.9. The first-order chi connectivity index (χ1) is 20.4. The molecule has 1 amide bonds. The van der Waals surface area contributed by atoms with Crippen LogP contribution in [0.3, 0.4) is 0 Å². The largest absolute Gasteiger partial charge is 0.481 e. The van der Waals surface area contributed by atoms with Crippen LogP contribution in [0, 0.1) is 5.82 Å². The van der Waals surface area contributed by atoms with Crippen LogP contribution in [0.5, 0.6) is 11.9 Å². The number of carbonyl (C=O) groups excluding carboxylic acids is 1. The molecule has 17 heteroatoms. The van der Waals surface area contributed by atoms with E-state index in [9.17, 15) is 30.8 Å². The molecule has 3 heterocycles. The summed E-state index contributed by atoms with van der Waals surface area (Å²) in [6, 6.07) is 12.6. The topological polar surface area (TPSA) is 150 Å². The molecule has 0 aliphatic heterocycles. The molecule has 2 N–H and O–H groups in total. The van der Waals surface area contributed by atoms with Crippen molar-refractivity contribution < 1.29 is 40.2 Å². The number of nitrogens with zero attached hydrogens (tertiary/aromatic N) is 5. The lowest BCUT2D eigenvalue weighted by Gasteiger charge is -2.11. The van der Waals surface area contributed by atoms with Gasteiger partial charge in [0.1, 0.15) is 5.82 Å². The van der Waals surface area contributed by atoms with Crippen LogP contribution in [0.2, 0.25) is 0 Å². The first-order valence-electron chi connectivity index (χ1n) is 12.0. The van der Waals surface area contributed by atoms with E-state index >= 15 is 0 Å². The van der Waals surface area contributed by atoms with E-state index in [4.69, 9.17) is 9.47 Å². The normalized spacial score (nSPS) is 11.8. The van der Waals surface area contributed by atoms with Crippen LogP contribution in [0.1, 0.15) is 16.2 Å². The second-order valence-corrected chi connectivity index (χ2v) is 10.4. The third kappa shape index (κ3) is 6.30. The van der Waals surface area contributed by atoms with Crippen LogP contribution < -0.4 is 19.5 Å². The summed E-state index contributed by atoms with van der Waals surface area (Å²) in [7, 11) is -1.52. The van der Waals surface area contributed by atoms with E-state index in [-0.39, 0.29) is 50.9 Å². The maximum absolute atomic E-state index is 13.9. The maximum Gasteiger partial charge on any atom is 0.433 e. The Hall–Kier alpha value is -5.32. The van der Waals surface area contributed by atoms with Crippen molar-refractivity contribution in [2.45, 2.75) is 11.1 Å². The SMILES string of the molecule is COc1cc(NS(=O)(=O)c2ccc(NC(=O)c3cc4nc(-c5ccc(F)cc5)cc(C(F)(F)F)n4n3)cc2)nc(OC)n1. The van der Waals surface area contributed by atoms with Crippen LogP contribution in [-0.4, -0.2) is 53.1 Å². The Labute approximate surface area is 240 Å². The van der Waals surface area contributed by atoms with Gasteiger partial charge in [-0.25, -0.2) is 22.3 Å². The molecule has 12 nitrogen and oxygen atoms in total. The Morgan fingerprint density at radius 2 is 1.60 bits per heavy atom. The molecule has 5 rings (SSSR count). The fraction of sp³-hybridized carbons (Fsp3) is 0.115. The highest BCUT2D eigenvalue weighted by molar-refractivity contribution is 7.92. The molecule has 0 saturated heterocycles. The Kier molecular flexibility index (Phi) is 7.58. The van der Waals surface area contributed by atoms with E-state index in [1.54, 1.807) is 0 Å². The van der Waals surface area contributed by atoms with Crippen LogP contribution in [0.25, 0.3) is 16.9 Å². The maximum atomic E-state index is 13.9. The van der Waals surface area contributed by atoms with Gasteiger partial charge in [-0.3, -0.25) is 9.52 Å². The quantitative estimate of drug-likeness (QED) is 0.241. The fourth-order valence-electron chi connectivity index (χ4n) is 3.82. The average molecular weight is 618 g/mol. The van der Waals surface area contributed by atoms with E-state index in [0.29, 0.717) is 4.52 Å². The van der Waals surface area contributed by atoms with Crippen LogP contribution in [0.15, 0.2) is 71.6 Å². The number of hydrogen-bond donors (Lipinski definition) is 2. The highest BCUT2D eigenvalue weighted by atomic mass is 32.2. The van der Waals surface area contributed by atoms with Crippen molar-refractivity contribution in [1.82, 2.24) is 24.6 Å². The van der Waals surface area contributed by atoms with Crippen molar-refractivity contribution in [1.29, 1.82) is 0 Å². The molecule has 0 fully saturated rings. The van der Waals surface area contributed by atoms with E-state index in [1.807, 2.05) is 0 Å². The molecule has 0 saturated carbocycles. The Balaban J connectivity index is 1.38. The molecule has 0 bridgehead atoms. The number of halogens is 4. The summed E-state index contributed by atoms with van der Waals surface area (Å²) in [5.41, 5.74) is -1.61. The molecular weight excluding hydrogens is 598 g/mol. The van der Waals surface area contributed by atoms with Crippen molar-refractivity contribution in [3.63, 3.8) is 0 Å². The third-order valence-corrected chi connectivity index (χ3v) is 7.20. The molecule has 3 aromatic heterocycles. The zero-order valence-electron chi connectivity index (χ0n) is 22.0. The average Bonchev–Trinajstić information content (AvgIpc) is 3.41. The minimum Gasteiger partial charge on any atom is -0.481 e. The van der Waals surface area contributed by atoms with Gasteiger partial charge in [0.05, 0.1) is 24.8 Å². The van der Waals surface area contributed by atoms with Crippen molar-refractivity contribution in [2.75, 3.05) is 24.3 Å². The number of hydrogen-bond acceptors (Lipinski definition) is 9. The Morgan fingerprint density at radius 1 is 0.907 bits per heavy atom. The lowest BCUT2D eigenvalue weighted by Crippen LogP contribution is -2.16. The van der Waals surface area contributed by atoms with Crippen LogP contribution in [0.4, 0.5) is 29.1 Å². The minimum absolute atomic E-state index is 0.0544. The molecule has 5 aromatic rings. The number of fused-ring (bicyclic) bond motifs is 1. The number of ether oxygens (including phenoxy) is 2. The van der Waals surface area contributed by atoms with E-state index in [2.05, 4.69) is 30.1 Å². The number of aromatic nitrogens is 5. The van der Waals surface area contributed by atoms with E-state index in [0.717, 1.165) is 24.3 Å². The summed E-state index contributed by atoms with van der Waals surface area (Å²) in [6.07, 6.45) is -4.85. The number of nitrogens with one attached hydrogen (secondary N) is 2. The molecule has 0 radical (unpaired) electrons.